The average Bonchev–Trinajstić information content (AvgIpc) is 2.39. The molecule has 0 atom stereocenters. The number of carbonyl (C=O) groups is 1. The van der Waals surface area contributed by atoms with Gasteiger partial charge in [-0.2, -0.15) is 0 Å². The fourth-order valence-corrected chi connectivity index (χ4v) is 3.96. The summed E-state index contributed by atoms with van der Waals surface area (Å²) in [6.45, 7) is 5.07. The van der Waals surface area contributed by atoms with Gasteiger partial charge in [0.2, 0.25) is 15.9 Å². The van der Waals surface area contributed by atoms with Crippen LogP contribution in [0.4, 0.5) is 5.69 Å². The van der Waals surface area contributed by atoms with E-state index in [1.54, 1.807) is 4.90 Å². The van der Waals surface area contributed by atoms with Crippen LogP contribution in [-0.2, 0) is 14.8 Å². The van der Waals surface area contributed by atoms with Gasteiger partial charge in [0.15, 0.2) is 0 Å². The Bertz CT molecular complexity index is 601. The van der Waals surface area contributed by atoms with E-state index in [4.69, 9.17) is 5.73 Å². The molecule has 1 aromatic rings. The number of benzene rings is 1. The van der Waals surface area contributed by atoms with Crippen LogP contribution in [0.1, 0.15) is 20.3 Å². The lowest BCUT2D eigenvalue weighted by atomic mass is 10.3. The maximum absolute atomic E-state index is 12.1. The first-order valence-electron chi connectivity index (χ1n) is 6.64. The number of halogens is 1. The van der Waals surface area contributed by atoms with Crippen LogP contribution < -0.4 is 10.5 Å². The predicted octanol–water partition coefficient (Wildman–Crippen LogP) is 1.57. The maximum Gasteiger partial charge on any atom is 0.241 e. The Morgan fingerprint density at radius 3 is 2.48 bits per heavy atom. The Hall–Kier alpha value is -1.12. The largest absolute Gasteiger partial charge is 0.399 e. The molecule has 0 aliphatic carbocycles. The van der Waals surface area contributed by atoms with E-state index in [-0.39, 0.29) is 23.8 Å². The number of rotatable bonds is 7. The van der Waals surface area contributed by atoms with E-state index in [0.29, 0.717) is 23.2 Å². The summed E-state index contributed by atoms with van der Waals surface area (Å²) in [4.78, 5) is 13.6. The third kappa shape index (κ3) is 4.98. The van der Waals surface area contributed by atoms with E-state index in [0.717, 1.165) is 0 Å². The minimum atomic E-state index is -3.67. The molecule has 1 amide bonds. The van der Waals surface area contributed by atoms with Crippen molar-refractivity contribution in [3.63, 3.8) is 0 Å². The van der Waals surface area contributed by atoms with Crippen LogP contribution in [0.2, 0.25) is 0 Å². The number of carbonyl (C=O) groups excluding carboxylic acids is 1. The lowest BCUT2D eigenvalue weighted by molar-refractivity contribution is -0.130. The van der Waals surface area contributed by atoms with Crippen LogP contribution in [0.3, 0.4) is 0 Å². The van der Waals surface area contributed by atoms with Gasteiger partial charge < -0.3 is 10.6 Å². The summed E-state index contributed by atoms with van der Waals surface area (Å²) >= 11 is 3.18. The first-order chi connectivity index (χ1) is 9.81. The monoisotopic (exact) mass is 377 g/mol. The highest BCUT2D eigenvalue weighted by Gasteiger charge is 2.18. The zero-order chi connectivity index (χ0) is 16.0. The highest BCUT2D eigenvalue weighted by Crippen LogP contribution is 2.23. The molecule has 0 unspecified atom stereocenters. The molecule has 1 rings (SSSR count). The normalized spacial score (nSPS) is 11.4. The molecule has 0 saturated carbocycles. The second kappa shape index (κ2) is 7.77. The molecule has 0 heterocycles. The first-order valence-corrected chi connectivity index (χ1v) is 8.91. The molecule has 0 bridgehead atoms. The molecule has 21 heavy (non-hydrogen) atoms. The van der Waals surface area contributed by atoms with Crippen molar-refractivity contribution in [2.45, 2.75) is 25.2 Å². The fraction of sp³-hybridized carbons (Fsp3) is 0.462. The zero-order valence-electron chi connectivity index (χ0n) is 12.1. The summed E-state index contributed by atoms with van der Waals surface area (Å²) in [5.74, 6) is -0.0703. The van der Waals surface area contributed by atoms with Crippen molar-refractivity contribution in [2.75, 3.05) is 25.4 Å². The van der Waals surface area contributed by atoms with Gasteiger partial charge >= 0.3 is 0 Å². The summed E-state index contributed by atoms with van der Waals surface area (Å²) in [5.41, 5.74) is 6.05. The van der Waals surface area contributed by atoms with E-state index in [1.807, 2.05) is 13.8 Å². The number of nitrogen functional groups attached to an aromatic ring is 1. The van der Waals surface area contributed by atoms with E-state index in [2.05, 4.69) is 20.7 Å². The summed E-state index contributed by atoms with van der Waals surface area (Å²) in [6.07, 6.45) is 0.132. The molecule has 0 aromatic heterocycles. The van der Waals surface area contributed by atoms with Crippen LogP contribution in [0.5, 0.6) is 0 Å². The van der Waals surface area contributed by atoms with E-state index >= 15 is 0 Å². The van der Waals surface area contributed by atoms with E-state index in [1.165, 1.54) is 18.2 Å². The van der Waals surface area contributed by atoms with E-state index in [9.17, 15) is 13.2 Å². The quantitative estimate of drug-likeness (QED) is 0.705. The van der Waals surface area contributed by atoms with Gasteiger partial charge in [-0.05, 0) is 48.0 Å². The minimum Gasteiger partial charge on any atom is -0.399 e. The van der Waals surface area contributed by atoms with Gasteiger partial charge in [-0.25, -0.2) is 13.1 Å². The number of nitrogens with two attached hydrogens (primary N) is 1. The summed E-state index contributed by atoms with van der Waals surface area (Å²) in [5, 5.41) is 0. The van der Waals surface area contributed by atoms with Crippen LogP contribution in [0.25, 0.3) is 0 Å². The number of hydrogen-bond acceptors (Lipinski definition) is 4. The standard InChI is InChI=1S/C13H20BrN3O3S/c1-3-17(4-2)13(18)7-8-16-21(19,20)12-6-5-10(15)9-11(12)14/h5-6,9,16H,3-4,7-8,15H2,1-2H3. The molecular weight excluding hydrogens is 358 g/mol. The van der Waals surface area contributed by atoms with Crippen molar-refractivity contribution >= 4 is 37.5 Å². The zero-order valence-corrected chi connectivity index (χ0v) is 14.5. The second-order valence-electron chi connectivity index (χ2n) is 4.40. The highest BCUT2D eigenvalue weighted by molar-refractivity contribution is 9.10. The van der Waals surface area contributed by atoms with Crippen molar-refractivity contribution in [1.82, 2.24) is 9.62 Å². The molecule has 0 spiro atoms. The smallest absolute Gasteiger partial charge is 0.241 e. The van der Waals surface area contributed by atoms with Gasteiger partial charge in [-0.3, -0.25) is 4.79 Å². The minimum absolute atomic E-state index is 0.0640. The Morgan fingerprint density at radius 1 is 1.33 bits per heavy atom. The molecule has 3 N–H and O–H groups in total. The van der Waals surface area contributed by atoms with E-state index < -0.39 is 10.0 Å². The first kappa shape index (κ1) is 17.9. The number of nitrogens with zero attached hydrogens (tertiary/aromatic N) is 1. The Morgan fingerprint density at radius 2 is 1.95 bits per heavy atom. The van der Waals surface area contributed by atoms with Gasteiger partial charge in [0.25, 0.3) is 0 Å². The Labute approximate surface area is 133 Å². The molecule has 6 nitrogen and oxygen atoms in total. The lowest BCUT2D eigenvalue weighted by Gasteiger charge is -2.18. The number of anilines is 1. The van der Waals surface area contributed by atoms with Crippen LogP contribution in [0, 0.1) is 0 Å². The molecule has 8 heteroatoms. The molecule has 0 aliphatic heterocycles. The molecule has 0 aliphatic rings. The van der Waals surface area contributed by atoms with Crippen molar-refractivity contribution in [3.8, 4) is 0 Å². The SMILES string of the molecule is CCN(CC)C(=O)CCNS(=O)(=O)c1ccc(N)cc1Br. The predicted molar refractivity (Wildman–Crippen MR) is 86.3 cm³/mol. The van der Waals surface area contributed by atoms with Crippen molar-refractivity contribution in [2.24, 2.45) is 0 Å². The maximum atomic E-state index is 12.1. The van der Waals surface area contributed by atoms with Gasteiger partial charge in [0.1, 0.15) is 0 Å². The molecule has 0 saturated heterocycles. The summed E-state index contributed by atoms with van der Waals surface area (Å²) in [7, 11) is -3.67. The summed E-state index contributed by atoms with van der Waals surface area (Å²) < 4.78 is 27.1. The molecular formula is C13H20BrN3O3S. The number of hydrogen-bond donors (Lipinski definition) is 2. The Balaban J connectivity index is 2.68. The molecule has 1 aromatic carbocycles. The molecule has 0 radical (unpaired) electrons. The average molecular weight is 378 g/mol. The van der Waals surface area contributed by atoms with Gasteiger partial charge in [-0.15, -0.1) is 0 Å². The van der Waals surface area contributed by atoms with Crippen LogP contribution in [-0.4, -0.2) is 38.9 Å². The second-order valence-corrected chi connectivity index (χ2v) is 6.99. The molecule has 118 valence electrons. The van der Waals surface area contributed by atoms with Crippen LogP contribution >= 0.6 is 15.9 Å². The number of nitrogens with one attached hydrogen (secondary N) is 1. The highest BCUT2D eigenvalue weighted by atomic mass is 79.9. The topological polar surface area (TPSA) is 92.5 Å². The van der Waals surface area contributed by atoms with Crippen LogP contribution in [0.15, 0.2) is 27.6 Å². The van der Waals surface area contributed by atoms with Crippen molar-refractivity contribution < 1.29 is 13.2 Å². The van der Waals surface area contributed by atoms with Crippen molar-refractivity contribution in [1.29, 1.82) is 0 Å². The van der Waals surface area contributed by atoms with Gasteiger partial charge in [0, 0.05) is 36.2 Å². The summed E-state index contributed by atoms with van der Waals surface area (Å²) in [6, 6.07) is 4.46. The van der Waals surface area contributed by atoms with Gasteiger partial charge in [-0.1, -0.05) is 0 Å². The Kier molecular flexibility index (Phi) is 6.63. The van der Waals surface area contributed by atoms with Gasteiger partial charge in [0.05, 0.1) is 4.90 Å². The number of amides is 1. The fourth-order valence-electron chi connectivity index (χ4n) is 1.84. The number of sulfonamides is 1. The van der Waals surface area contributed by atoms with Crippen molar-refractivity contribution in [3.05, 3.63) is 22.7 Å². The third-order valence-corrected chi connectivity index (χ3v) is 5.43. The third-order valence-electron chi connectivity index (χ3n) is 2.99. The molecule has 0 fully saturated rings. The lowest BCUT2D eigenvalue weighted by Crippen LogP contribution is -2.34.